The number of ether oxygens (including phenoxy) is 2. The van der Waals surface area contributed by atoms with Gasteiger partial charge in [0.15, 0.2) is 11.5 Å². The minimum atomic E-state index is -0.320. The van der Waals surface area contributed by atoms with Crippen molar-refractivity contribution >= 4 is 11.0 Å². The first kappa shape index (κ1) is 24.2. The number of pyridine rings is 1. The molecule has 0 aliphatic heterocycles. The van der Waals surface area contributed by atoms with Crippen LogP contribution in [-0.4, -0.2) is 43.3 Å². The molecule has 0 aliphatic carbocycles. The first-order chi connectivity index (χ1) is 18.0. The fraction of sp³-hybridized carbons (Fsp3) is 0.259. The summed E-state index contributed by atoms with van der Waals surface area (Å²) in [5, 5.41) is 10.2. The number of aryl methyl sites for hydroxylation is 1. The quantitative estimate of drug-likeness (QED) is 0.301. The van der Waals surface area contributed by atoms with Gasteiger partial charge in [-0.15, -0.1) is 5.10 Å². The zero-order valence-electron chi connectivity index (χ0n) is 20.9. The largest absolute Gasteiger partial charge is 0.497 e. The Bertz CT molecular complexity index is 1620. The molecule has 0 saturated carbocycles. The van der Waals surface area contributed by atoms with Crippen LogP contribution < -0.4 is 15.2 Å². The van der Waals surface area contributed by atoms with Crippen LogP contribution in [0.25, 0.3) is 22.6 Å². The number of hydrogen-bond donors (Lipinski definition) is 0. The van der Waals surface area contributed by atoms with Crippen LogP contribution in [0.4, 0.5) is 4.39 Å². The zero-order chi connectivity index (χ0) is 25.9. The smallest absolute Gasteiger partial charge is 0.346 e. The fourth-order valence-corrected chi connectivity index (χ4v) is 4.34. The van der Waals surface area contributed by atoms with Gasteiger partial charge in [0.2, 0.25) is 0 Å². The average Bonchev–Trinajstić information content (AvgIpc) is 3.43. The molecule has 0 amide bonds. The van der Waals surface area contributed by atoms with Crippen molar-refractivity contribution < 1.29 is 13.9 Å². The van der Waals surface area contributed by atoms with E-state index in [0.717, 1.165) is 17.4 Å². The molecule has 2 aromatic carbocycles. The summed E-state index contributed by atoms with van der Waals surface area (Å²) in [6.07, 6.45) is 2.41. The second-order valence-corrected chi connectivity index (χ2v) is 8.57. The Morgan fingerprint density at radius 3 is 2.51 bits per heavy atom. The average molecular weight is 503 g/mol. The molecule has 0 bridgehead atoms. The van der Waals surface area contributed by atoms with Crippen molar-refractivity contribution in [1.82, 2.24) is 29.1 Å². The third kappa shape index (κ3) is 4.57. The van der Waals surface area contributed by atoms with Crippen LogP contribution in [0.5, 0.6) is 11.5 Å². The van der Waals surface area contributed by atoms with E-state index < -0.39 is 0 Å². The molecular weight excluding hydrogens is 475 g/mol. The number of methoxy groups -OCH3 is 2. The fourth-order valence-electron chi connectivity index (χ4n) is 4.34. The first-order valence-electron chi connectivity index (χ1n) is 12.0. The second-order valence-electron chi connectivity index (χ2n) is 8.57. The van der Waals surface area contributed by atoms with Crippen LogP contribution in [0.2, 0.25) is 0 Å². The molecule has 0 aliphatic rings. The van der Waals surface area contributed by atoms with Gasteiger partial charge in [0.05, 0.1) is 32.7 Å². The van der Waals surface area contributed by atoms with Gasteiger partial charge < -0.3 is 9.47 Å². The number of hydrogen-bond acceptors (Lipinski definition) is 6. The number of rotatable bonds is 9. The summed E-state index contributed by atoms with van der Waals surface area (Å²) >= 11 is 0. The Labute approximate surface area is 212 Å². The molecule has 190 valence electrons. The molecule has 0 unspecified atom stereocenters. The number of nitrogens with zero attached hydrogens (tertiary/aromatic N) is 6. The van der Waals surface area contributed by atoms with Gasteiger partial charge in [-0.3, -0.25) is 4.57 Å². The van der Waals surface area contributed by atoms with Crippen molar-refractivity contribution in [2.75, 3.05) is 14.2 Å². The van der Waals surface area contributed by atoms with Gasteiger partial charge >= 0.3 is 5.69 Å². The van der Waals surface area contributed by atoms with Gasteiger partial charge in [-0.2, -0.15) is 5.10 Å². The Hall–Kier alpha value is -4.47. The minimum Gasteiger partial charge on any atom is -0.497 e. The van der Waals surface area contributed by atoms with Crippen LogP contribution in [0.1, 0.15) is 24.5 Å². The highest BCUT2D eigenvalue weighted by Crippen LogP contribution is 2.29. The Kier molecular flexibility index (Phi) is 6.72. The standard InChI is InChI=1S/C27H27FN6O3/c1-4-14-33-27(35)32(16-19-11-12-20(36-2)15-23(19)37-3)26(31-33)24-21-9-7-13-29-25(21)34(30-24)17-18-8-5-6-10-22(18)28/h5-13,15H,4,14,16-17H2,1-3H3. The molecule has 3 aromatic heterocycles. The van der Waals surface area contributed by atoms with Gasteiger partial charge in [0.25, 0.3) is 0 Å². The highest BCUT2D eigenvalue weighted by atomic mass is 19.1. The molecule has 10 heteroatoms. The molecule has 0 spiro atoms. The summed E-state index contributed by atoms with van der Waals surface area (Å²) in [6.45, 7) is 2.85. The van der Waals surface area contributed by atoms with Crippen molar-refractivity contribution in [3.05, 3.63) is 88.2 Å². The highest BCUT2D eigenvalue weighted by Gasteiger charge is 2.23. The van der Waals surface area contributed by atoms with Crippen LogP contribution in [0.3, 0.4) is 0 Å². The van der Waals surface area contributed by atoms with E-state index in [9.17, 15) is 9.18 Å². The molecule has 0 atom stereocenters. The predicted octanol–water partition coefficient (Wildman–Crippen LogP) is 4.12. The first-order valence-corrected chi connectivity index (χ1v) is 12.0. The lowest BCUT2D eigenvalue weighted by Crippen LogP contribution is -2.25. The van der Waals surface area contributed by atoms with Crippen molar-refractivity contribution in [2.45, 2.75) is 33.0 Å². The molecule has 0 N–H and O–H groups in total. The van der Waals surface area contributed by atoms with Crippen molar-refractivity contribution in [3.63, 3.8) is 0 Å². The maximum atomic E-state index is 14.4. The maximum Gasteiger partial charge on any atom is 0.346 e. The maximum absolute atomic E-state index is 14.4. The lowest BCUT2D eigenvalue weighted by atomic mass is 10.2. The van der Waals surface area contributed by atoms with E-state index in [-0.39, 0.29) is 24.6 Å². The number of halogens is 1. The predicted molar refractivity (Wildman–Crippen MR) is 137 cm³/mol. The number of aromatic nitrogens is 6. The van der Waals surface area contributed by atoms with Gasteiger partial charge in [-0.1, -0.05) is 25.1 Å². The van der Waals surface area contributed by atoms with Gasteiger partial charge in [0, 0.05) is 29.9 Å². The SMILES string of the molecule is CCCn1nc(-c2nn(Cc3ccccc3F)c3ncccc23)n(Cc2ccc(OC)cc2OC)c1=O. The van der Waals surface area contributed by atoms with E-state index in [0.29, 0.717) is 40.8 Å². The molecule has 0 saturated heterocycles. The summed E-state index contributed by atoms with van der Waals surface area (Å²) in [7, 11) is 3.16. The van der Waals surface area contributed by atoms with E-state index in [2.05, 4.69) is 10.1 Å². The topological polar surface area (TPSA) is 89.0 Å². The van der Waals surface area contributed by atoms with Crippen LogP contribution in [0, 0.1) is 5.82 Å². The lowest BCUT2D eigenvalue weighted by molar-refractivity contribution is 0.390. The molecule has 5 rings (SSSR count). The Balaban J connectivity index is 1.66. The molecule has 0 fully saturated rings. The van der Waals surface area contributed by atoms with Crippen molar-refractivity contribution in [1.29, 1.82) is 0 Å². The van der Waals surface area contributed by atoms with E-state index >= 15 is 0 Å². The van der Waals surface area contributed by atoms with E-state index in [4.69, 9.17) is 14.6 Å². The third-order valence-electron chi connectivity index (χ3n) is 6.18. The van der Waals surface area contributed by atoms with Gasteiger partial charge in [0.1, 0.15) is 23.0 Å². The number of fused-ring (bicyclic) bond motifs is 1. The Morgan fingerprint density at radius 2 is 1.76 bits per heavy atom. The van der Waals surface area contributed by atoms with E-state index in [1.165, 1.54) is 10.7 Å². The van der Waals surface area contributed by atoms with Crippen LogP contribution >= 0.6 is 0 Å². The molecule has 5 aromatic rings. The monoisotopic (exact) mass is 502 g/mol. The summed E-state index contributed by atoms with van der Waals surface area (Å²) in [4.78, 5) is 18.0. The molecular formula is C27H27FN6O3. The zero-order valence-corrected chi connectivity index (χ0v) is 20.9. The number of benzene rings is 2. The summed E-state index contributed by atoms with van der Waals surface area (Å²) in [6, 6.07) is 15.7. The van der Waals surface area contributed by atoms with Gasteiger partial charge in [-0.05, 0) is 36.8 Å². The lowest BCUT2D eigenvalue weighted by Gasteiger charge is -2.11. The highest BCUT2D eigenvalue weighted by molar-refractivity contribution is 5.89. The normalized spacial score (nSPS) is 11.2. The molecule has 37 heavy (non-hydrogen) atoms. The second kappa shape index (κ2) is 10.3. The van der Waals surface area contributed by atoms with E-state index in [1.54, 1.807) is 60.0 Å². The molecule has 3 heterocycles. The van der Waals surface area contributed by atoms with Gasteiger partial charge in [-0.25, -0.2) is 23.5 Å². The van der Waals surface area contributed by atoms with E-state index in [1.807, 2.05) is 25.1 Å². The molecule has 0 radical (unpaired) electrons. The van der Waals surface area contributed by atoms with Crippen molar-refractivity contribution in [3.8, 4) is 23.0 Å². The Morgan fingerprint density at radius 1 is 0.919 bits per heavy atom. The minimum absolute atomic E-state index is 0.187. The van der Waals surface area contributed by atoms with Crippen LogP contribution in [0.15, 0.2) is 65.6 Å². The third-order valence-corrected chi connectivity index (χ3v) is 6.18. The summed E-state index contributed by atoms with van der Waals surface area (Å²) in [5.74, 6) is 1.33. The summed E-state index contributed by atoms with van der Waals surface area (Å²) < 4.78 is 30.0. The van der Waals surface area contributed by atoms with Crippen molar-refractivity contribution in [2.24, 2.45) is 0 Å². The molecule has 9 nitrogen and oxygen atoms in total. The summed E-state index contributed by atoms with van der Waals surface area (Å²) in [5.41, 5.74) is 2.10. The van der Waals surface area contributed by atoms with Crippen LogP contribution in [-0.2, 0) is 19.6 Å².